The fourth-order valence-corrected chi connectivity index (χ4v) is 2.94. The van der Waals surface area contributed by atoms with Crippen molar-refractivity contribution in [1.29, 1.82) is 0 Å². The second-order valence-electron chi connectivity index (χ2n) is 6.53. The lowest BCUT2D eigenvalue weighted by Gasteiger charge is -2.07. The number of oxazole rings is 1. The van der Waals surface area contributed by atoms with E-state index in [4.69, 9.17) is 9.15 Å². The number of amides is 2. The number of nitrogens with one attached hydrogen (secondary N) is 2. The molecule has 1 heterocycles. The summed E-state index contributed by atoms with van der Waals surface area (Å²) in [5, 5.41) is 5.34. The maximum Gasteiger partial charge on any atom is 0.251 e. The van der Waals surface area contributed by atoms with E-state index in [1.807, 2.05) is 30.3 Å². The van der Waals surface area contributed by atoms with Gasteiger partial charge in [-0.25, -0.2) is 4.98 Å². The molecule has 0 radical (unpaired) electrons. The van der Waals surface area contributed by atoms with E-state index < -0.39 is 0 Å². The van der Waals surface area contributed by atoms with Gasteiger partial charge in [0.1, 0.15) is 11.3 Å². The quantitative estimate of drug-likeness (QED) is 0.512. The minimum absolute atomic E-state index is 0.142. The predicted octanol–water partition coefficient (Wildman–Crippen LogP) is 3.87. The van der Waals surface area contributed by atoms with Crippen molar-refractivity contribution in [3.63, 3.8) is 0 Å². The molecule has 3 aromatic carbocycles. The number of rotatable bonds is 6. The number of hydrogen-bond acceptors (Lipinski definition) is 5. The standard InChI is InChI=1S/C23H19N3O4/c1-29-18-9-5-8-16(12-18)23-26-19-11-10-17(13-20(19)30-23)25-21(27)14-24-22(28)15-6-3-2-4-7-15/h2-13H,14H2,1H3,(H,24,28)(H,25,27). The zero-order valence-electron chi connectivity index (χ0n) is 16.2. The van der Waals surface area contributed by atoms with Crippen molar-refractivity contribution < 1.29 is 18.7 Å². The van der Waals surface area contributed by atoms with E-state index in [0.717, 1.165) is 5.56 Å². The summed E-state index contributed by atoms with van der Waals surface area (Å²) in [5.41, 5.74) is 3.05. The molecular formula is C23H19N3O4. The molecule has 0 aliphatic carbocycles. The summed E-state index contributed by atoms with van der Waals surface area (Å²) < 4.78 is 11.1. The molecule has 0 spiro atoms. The summed E-state index contributed by atoms with van der Waals surface area (Å²) in [6.45, 7) is -0.142. The third-order valence-electron chi connectivity index (χ3n) is 4.43. The van der Waals surface area contributed by atoms with E-state index in [2.05, 4.69) is 15.6 Å². The normalized spacial score (nSPS) is 10.6. The Morgan fingerprint density at radius 2 is 1.83 bits per heavy atom. The molecule has 2 N–H and O–H groups in total. The fourth-order valence-electron chi connectivity index (χ4n) is 2.94. The molecule has 7 nitrogen and oxygen atoms in total. The van der Waals surface area contributed by atoms with Crippen LogP contribution < -0.4 is 15.4 Å². The molecule has 0 aliphatic heterocycles. The molecule has 0 atom stereocenters. The number of carbonyl (C=O) groups is 2. The molecule has 0 fully saturated rings. The Kier molecular flexibility index (Phi) is 5.43. The van der Waals surface area contributed by atoms with Gasteiger partial charge >= 0.3 is 0 Å². The predicted molar refractivity (Wildman–Crippen MR) is 113 cm³/mol. The largest absolute Gasteiger partial charge is 0.497 e. The van der Waals surface area contributed by atoms with Crippen LogP contribution in [0.4, 0.5) is 5.69 Å². The number of anilines is 1. The van der Waals surface area contributed by atoms with E-state index >= 15 is 0 Å². The van der Waals surface area contributed by atoms with Crippen LogP contribution in [0.25, 0.3) is 22.6 Å². The van der Waals surface area contributed by atoms with Crippen molar-refractivity contribution in [3.8, 4) is 17.2 Å². The van der Waals surface area contributed by atoms with Crippen LogP contribution in [0.3, 0.4) is 0 Å². The van der Waals surface area contributed by atoms with Gasteiger partial charge in [0.15, 0.2) is 5.58 Å². The number of aromatic nitrogens is 1. The fraction of sp³-hybridized carbons (Fsp3) is 0.0870. The first-order valence-electron chi connectivity index (χ1n) is 9.30. The van der Waals surface area contributed by atoms with Crippen molar-refractivity contribution in [3.05, 3.63) is 78.4 Å². The molecular weight excluding hydrogens is 382 g/mol. The van der Waals surface area contributed by atoms with Crippen LogP contribution in [-0.2, 0) is 4.79 Å². The molecule has 4 aromatic rings. The monoisotopic (exact) mass is 401 g/mol. The zero-order chi connectivity index (χ0) is 20.9. The van der Waals surface area contributed by atoms with Gasteiger partial charge in [-0.05, 0) is 42.5 Å². The molecule has 150 valence electrons. The Hall–Kier alpha value is -4.13. The van der Waals surface area contributed by atoms with Crippen LogP contribution >= 0.6 is 0 Å². The van der Waals surface area contributed by atoms with Crippen LogP contribution in [0.2, 0.25) is 0 Å². The molecule has 30 heavy (non-hydrogen) atoms. The third kappa shape index (κ3) is 4.30. The Morgan fingerprint density at radius 1 is 1.00 bits per heavy atom. The van der Waals surface area contributed by atoms with Gasteiger partial charge < -0.3 is 19.8 Å². The highest BCUT2D eigenvalue weighted by atomic mass is 16.5. The van der Waals surface area contributed by atoms with Gasteiger partial charge in [0, 0.05) is 22.9 Å². The first-order valence-corrected chi connectivity index (χ1v) is 9.30. The molecule has 1 aromatic heterocycles. The van der Waals surface area contributed by atoms with Gasteiger partial charge in [-0.3, -0.25) is 9.59 Å². The lowest BCUT2D eigenvalue weighted by atomic mass is 10.2. The SMILES string of the molecule is COc1cccc(-c2nc3ccc(NC(=O)CNC(=O)c4ccccc4)cc3o2)c1. The van der Waals surface area contributed by atoms with Gasteiger partial charge in [-0.1, -0.05) is 24.3 Å². The number of fused-ring (bicyclic) bond motifs is 1. The second kappa shape index (κ2) is 8.48. The summed E-state index contributed by atoms with van der Waals surface area (Å²) in [4.78, 5) is 28.7. The molecule has 0 unspecified atom stereocenters. The van der Waals surface area contributed by atoms with E-state index in [-0.39, 0.29) is 18.4 Å². The van der Waals surface area contributed by atoms with Crippen LogP contribution in [0.5, 0.6) is 5.75 Å². The van der Waals surface area contributed by atoms with Crippen molar-refractivity contribution in [2.75, 3.05) is 19.0 Å². The number of methoxy groups -OCH3 is 1. The Labute approximate surface area is 172 Å². The molecule has 2 amide bonds. The number of carbonyl (C=O) groups excluding carboxylic acids is 2. The Morgan fingerprint density at radius 3 is 2.63 bits per heavy atom. The second-order valence-corrected chi connectivity index (χ2v) is 6.53. The van der Waals surface area contributed by atoms with Gasteiger partial charge in [0.25, 0.3) is 5.91 Å². The van der Waals surface area contributed by atoms with E-state index in [1.165, 1.54) is 0 Å². The molecule has 0 saturated carbocycles. The van der Waals surface area contributed by atoms with Crippen molar-refractivity contribution in [1.82, 2.24) is 10.3 Å². The van der Waals surface area contributed by atoms with Crippen LogP contribution in [0.1, 0.15) is 10.4 Å². The average molecular weight is 401 g/mol. The Balaban J connectivity index is 1.43. The van der Waals surface area contributed by atoms with E-state index in [1.54, 1.807) is 49.6 Å². The van der Waals surface area contributed by atoms with Gasteiger partial charge in [-0.2, -0.15) is 0 Å². The highest BCUT2D eigenvalue weighted by molar-refractivity contribution is 5.99. The smallest absolute Gasteiger partial charge is 0.251 e. The first kappa shape index (κ1) is 19.2. The van der Waals surface area contributed by atoms with Crippen LogP contribution in [-0.4, -0.2) is 30.5 Å². The average Bonchev–Trinajstić information content (AvgIpc) is 3.21. The van der Waals surface area contributed by atoms with Gasteiger partial charge in [0.2, 0.25) is 11.8 Å². The van der Waals surface area contributed by atoms with E-state index in [9.17, 15) is 9.59 Å². The highest BCUT2D eigenvalue weighted by Gasteiger charge is 2.12. The number of ether oxygens (including phenoxy) is 1. The Bertz CT molecular complexity index is 1200. The molecule has 4 rings (SSSR count). The summed E-state index contributed by atoms with van der Waals surface area (Å²) in [6.07, 6.45) is 0. The van der Waals surface area contributed by atoms with Crippen LogP contribution in [0.15, 0.2) is 77.2 Å². The summed E-state index contributed by atoms with van der Waals surface area (Å²) in [6, 6.07) is 21.3. The van der Waals surface area contributed by atoms with Gasteiger partial charge in [0.05, 0.1) is 13.7 Å². The molecule has 0 aliphatic rings. The first-order chi connectivity index (χ1) is 14.6. The number of nitrogens with zero attached hydrogens (tertiary/aromatic N) is 1. The molecule has 7 heteroatoms. The maximum absolute atomic E-state index is 12.2. The van der Waals surface area contributed by atoms with E-state index in [0.29, 0.717) is 34.0 Å². The molecule has 0 saturated heterocycles. The van der Waals surface area contributed by atoms with Gasteiger partial charge in [-0.15, -0.1) is 0 Å². The topological polar surface area (TPSA) is 93.5 Å². The summed E-state index contributed by atoms with van der Waals surface area (Å²) in [7, 11) is 1.60. The number of hydrogen-bond donors (Lipinski definition) is 2. The minimum atomic E-state index is -0.342. The summed E-state index contributed by atoms with van der Waals surface area (Å²) >= 11 is 0. The van der Waals surface area contributed by atoms with Crippen molar-refractivity contribution in [2.24, 2.45) is 0 Å². The minimum Gasteiger partial charge on any atom is -0.497 e. The van der Waals surface area contributed by atoms with Crippen molar-refractivity contribution in [2.45, 2.75) is 0 Å². The molecule has 0 bridgehead atoms. The number of benzene rings is 3. The van der Waals surface area contributed by atoms with Crippen molar-refractivity contribution >= 4 is 28.6 Å². The maximum atomic E-state index is 12.2. The third-order valence-corrected chi connectivity index (χ3v) is 4.43. The lowest BCUT2D eigenvalue weighted by molar-refractivity contribution is -0.115. The zero-order valence-corrected chi connectivity index (χ0v) is 16.2. The lowest BCUT2D eigenvalue weighted by Crippen LogP contribution is -2.32. The highest BCUT2D eigenvalue weighted by Crippen LogP contribution is 2.28. The summed E-state index contributed by atoms with van der Waals surface area (Å²) in [5.74, 6) is 0.522. The van der Waals surface area contributed by atoms with Crippen LogP contribution in [0, 0.1) is 0 Å².